The van der Waals surface area contributed by atoms with Gasteiger partial charge < -0.3 is 15.4 Å². The van der Waals surface area contributed by atoms with Crippen LogP contribution in [0.1, 0.15) is 38.7 Å². The molecule has 2 bridgehead atoms. The molecule has 0 aromatic heterocycles. The van der Waals surface area contributed by atoms with Crippen molar-refractivity contribution in [2.75, 3.05) is 20.1 Å². The van der Waals surface area contributed by atoms with E-state index < -0.39 is 0 Å². The van der Waals surface area contributed by atoms with Gasteiger partial charge in [-0.3, -0.25) is 9.89 Å². The number of guanidine groups is 1. The van der Waals surface area contributed by atoms with Crippen LogP contribution in [0.4, 0.5) is 0 Å². The first-order chi connectivity index (χ1) is 12.2. The molecule has 26 heavy (non-hydrogen) atoms. The summed E-state index contributed by atoms with van der Waals surface area (Å²) in [5.74, 6) is 0.920. The topological polar surface area (TPSA) is 48.9 Å². The highest BCUT2D eigenvalue weighted by Gasteiger charge is 2.41. The lowest BCUT2D eigenvalue weighted by molar-refractivity contribution is 0.0992. The molecule has 2 N–H and O–H groups in total. The third-order valence-corrected chi connectivity index (χ3v) is 5.31. The summed E-state index contributed by atoms with van der Waals surface area (Å²) in [4.78, 5) is 7.17. The maximum absolute atomic E-state index is 5.94. The summed E-state index contributed by atoms with van der Waals surface area (Å²) in [6.07, 6.45) is 4.34. The first-order valence-electron chi connectivity index (χ1n) is 9.60. The number of benzene rings is 1. The number of nitrogens with one attached hydrogen (secondary N) is 2. The van der Waals surface area contributed by atoms with Crippen LogP contribution in [0.25, 0.3) is 0 Å². The van der Waals surface area contributed by atoms with E-state index in [9.17, 15) is 0 Å². The molecule has 4 atom stereocenters. The van der Waals surface area contributed by atoms with E-state index in [1.807, 2.05) is 0 Å². The zero-order chi connectivity index (χ0) is 17.6. The smallest absolute Gasteiger partial charge is 0.191 e. The third kappa shape index (κ3) is 5.82. The van der Waals surface area contributed by atoms with Gasteiger partial charge in [-0.15, -0.1) is 24.0 Å². The Morgan fingerprint density at radius 3 is 2.69 bits per heavy atom. The van der Waals surface area contributed by atoms with Gasteiger partial charge in [-0.05, 0) is 45.7 Å². The maximum Gasteiger partial charge on any atom is 0.191 e. The van der Waals surface area contributed by atoms with Crippen molar-refractivity contribution >= 4 is 29.9 Å². The van der Waals surface area contributed by atoms with Crippen molar-refractivity contribution in [3.05, 3.63) is 35.9 Å². The van der Waals surface area contributed by atoms with E-state index >= 15 is 0 Å². The molecule has 6 heteroatoms. The predicted octanol–water partition coefficient (Wildman–Crippen LogP) is 3.00. The Morgan fingerprint density at radius 2 is 2.08 bits per heavy atom. The quantitative estimate of drug-likeness (QED) is 0.364. The van der Waals surface area contributed by atoms with E-state index in [1.54, 1.807) is 0 Å². The van der Waals surface area contributed by atoms with Crippen LogP contribution in [0, 0.1) is 0 Å². The second-order valence-corrected chi connectivity index (χ2v) is 7.33. The summed E-state index contributed by atoms with van der Waals surface area (Å²) in [7, 11) is 2.16. The molecule has 0 amide bonds. The molecule has 4 unspecified atom stereocenters. The average Bonchev–Trinajstić information content (AvgIpc) is 3.23. The van der Waals surface area contributed by atoms with Gasteiger partial charge in [0.1, 0.15) is 0 Å². The minimum absolute atomic E-state index is 0. The number of hydrogen-bond donors (Lipinski definition) is 2. The largest absolute Gasteiger partial charge is 0.373 e. The molecule has 2 saturated heterocycles. The fourth-order valence-corrected chi connectivity index (χ4v) is 3.68. The summed E-state index contributed by atoms with van der Waals surface area (Å²) >= 11 is 0. The van der Waals surface area contributed by atoms with Gasteiger partial charge >= 0.3 is 0 Å². The van der Waals surface area contributed by atoms with Crippen LogP contribution in [0.15, 0.2) is 35.3 Å². The monoisotopic (exact) mass is 472 g/mol. The highest BCUT2D eigenvalue weighted by molar-refractivity contribution is 14.0. The summed E-state index contributed by atoms with van der Waals surface area (Å²) in [5, 5.41) is 6.97. The van der Waals surface area contributed by atoms with Crippen molar-refractivity contribution in [2.24, 2.45) is 4.99 Å². The van der Waals surface area contributed by atoms with Crippen molar-refractivity contribution in [2.45, 2.75) is 63.9 Å². The fourth-order valence-electron chi connectivity index (χ4n) is 3.68. The Kier molecular flexibility index (Phi) is 8.63. The Bertz CT molecular complexity index is 568. The normalized spacial score (nSPS) is 25.8. The van der Waals surface area contributed by atoms with Crippen LogP contribution < -0.4 is 10.6 Å². The standard InChI is InChI=1S/C20H32N4O.HI/c1-4-21-20(23-18-12-17-10-11-19(18)25-17)22-13-15(2)24(3)14-16-8-6-5-7-9-16;/h5-9,15,17-19H,4,10-14H2,1-3H3,(H2,21,22,23);1H. The average molecular weight is 472 g/mol. The number of ether oxygens (including phenoxy) is 1. The van der Waals surface area contributed by atoms with E-state index in [4.69, 9.17) is 9.73 Å². The highest BCUT2D eigenvalue weighted by Crippen LogP contribution is 2.34. The highest BCUT2D eigenvalue weighted by atomic mass is 127. The fraction of sp³-hybridized carbons (Fsp3) is 0.650. The summed E-state index contributed by atoms with van der Waals surface area (Å²) < 4.78 is 5.94. The molecule has 0 spiro atoms. The number of fused-ring (bicyclic) bond motifs is 2. The Morgan fingerprint density at radius 1 is 1.31 bits per heavy atom. The molecule has 3 rings (SSSR count). The molecule has 1 aromatic rings. The third-order valence-electron chi connectivity index (χ3n) is 5.31. The minimum Gasteiger partial charge on any atom is -0.373 e. The van der Waals surface area contributed by atoms with E-state index in [0.717, 1.165) is 32.0 Å². The molecule has 0 radical (unpaired) electrons. The summed E-state index contributed by atoms with van der Waals surface area (Å²) in [5.41, 5.74) is 1.34. The number of aliphatic imine (C=N–C) groups is 1. The van der Waals surface area contributed by atoms with Crippen LogP contribution in [-0.2, 0) is 11.3 Å². The van der Waals surface area contributed by atoms with Gasteiger partial charge in [0.05, 0.1) is 24.8 Å². The van der Waals surface area contributed by atoms with Crippen molar-refractivity contribution in [3.63, 3.8) is 0 Å². The van der Waals surface area contributed by atoms with Crippen molar-refractivity contribution in [3.8, 4) is 0 Å². The van der Waals surface area contributed by atoms with Gasteiger partial charge in [0.15, 0.2) is 5.96 Å². The van der Waals surface area contributed by atoms with Crippen molar-refractivity contribution in [1.82, 2.24) is 15.5 Å². The van der Waals surface area contributed by atoms with Gasteiger partial charge in [-0.1, -0.05) is 30.3 Å². The van der Waals surface area contributed by atoms with Crippen molar-refractivity contribution < 1.29 is 4.74 Å². The van der Waals surface area contributed by atoms with Crippen molar-refractivity contribution in [1.29, 1.82) is 0 Å². The molecule has 146 valence electrons. The first-order valence-corrected chi connectivity index (χ1v) is 9.60. The van der Waals surface area contributed by atoms with Gasteiger partial charge in [0, 0.05) is 19.1 Å². The maximum atomic E-state index is 5.94. The van der Waals surface area contributed by atoms with Crippen LogP contribution in [0.3, 0.4) is 0 Å². The van der Waals surface area contributed by atoms with E-state index in [2.05, 4.69) is 66.8 Å². The van der Waals surface area contributed by atoms with Gasteiger partial charge in [0.2, 0.25) is 0 Å². The Hall–Kier alpha value is -0.860. The molecular weight excluding hydrogens is 439 g/mol. The van der Waals surface area contributed by atoms with Crippen LogP contribution in [0.2, 0.25) is 0 Å². The molecule has 2 fully saturated rings. The molecule has 1 aromatic carbocycles. The van der Waals surface area contributed by atoms with Gasteiger partial charge in [-0.25, -0.2) is 0 Å². The van der Waals surface area contributed by atoms with E-state index in [-0.39, 0.29) is 24.0 Å². The van der Waals surface area contributed by atoms with Gasteiger partial charge in [0.25, 0.3) is 0 Å². The lowest BCUT2D eigenvalue weighted by Crippen LogP contribution is -2.48. The van der Waals surface area contributed by atoms with E-state index in [0.29, 0.717) is 24.3 Å². The zero-order valence-electron chi connectivity index (χ0n) is 16.1. The minimum atomic E-state index is 0. The summed E-state index contributed by atoms with van der Waals surface area (Å²) in [6.45, 7) is 6.94. The zero-order valence-corrected chi connectivity index (χ0v) is 18.5. The molecular formula is C20H33IN4O. The van der Waals surface area contributed by atoms with Crippen LogP contribution in [0.5, 0.6) is 0 Å². The number of hydrogen-bond acceptors (Lipinski definition) is 3. The second kappa shape index (κ2) is 10.5. The van der Waals surface area contributed by atoms with Crippen LogP contribution in [-0.4, -0.2) is 55.3 Å². The summed E-state index contributed by atoms with van der Waals surface area (Å²) in [6, 6.07) is 11.4. The van der Waals surface area contributed by atoms with E-state index in [1.165, 1.54) is 18.4 Å². The molecule has 0 aliphatic carbocycles. The number of rotatable bonds is 7. The Balaban J connectivity index is 0.00000243. The Labute approximate surface area is 175 Å². The number of nitrogens with zero attached hydrogens (tertiary/aromatic N) is 2. The SMILES string of the molecule is CCNC(=NCC(C)N(C)Cc1ccccc1)NC1CC2CCC1O2.I. The lowest BCUT2D eigenvalue weighted by atomic mass is 9.96. The second-order valence-electron chi connectivity index (χ2n) is 7.33. The molecule has 2 heterocycles. The number of likely N-dealkylation sites (N-methyl/N-ethyl adjacent to an activating group) is 1. The lowest BCUT2D eigenvalue weighted by Gasteiger charge is -2.25. The first kappa shape index (κ1) is 21.4. The van der Waals surface area contributed by atoms with Crippen LogP contribution >= 0.6 is 24.0 Å². The number of halogens is 1. The molecule has 2 aliphatic rings. The molecule has 2 aliphatic heterocycles. The predicted molar refractivity (Wildman–Crippen MR) is 118 cm³/mol. The van der Waals surface area contributed by atoms with Gasteiger partial charge in [-0.2, -0.15) is 0 Å². The molecule has 5 nitrogen and oxygen atoms in total. The molecule has 0 saturated carbocycles.